The molecule has 0 amide bonds. The molecule has 164 valence electrons. The van der Waals surface area contributed by atoms with Crippen LogP contribution in [0.25, 0.3) is 11.3 Å². The number of aromatic nitrogens is 1. The van der Waals surface area contributed by atoms with Gasteiger partial charge in [-0.15, -0.1) is 0 Å². The van der Waals surface area contributed by atoms with Crippen molar-refractivity contribution in [1.82, 2.24) is 9.47 Å². The van der Waals surface area contributed by atoms with Crippen LogP contribution in [0.2, 0.25) is 0 Å². The first-order chi connectivity index (χ1) is 15.2. The van der Waals surface area contributed by atoms with Gasteiger partial charge in [-0.05, 0) is 54.8 Å². The lowest BCUT2D eigenvalue weighted by Crippen LogP contribution is -2.27. The molecule has 1 fully saturated rings. The highest BCUT2D eigenvalue weighted by atomic mass is 16.1. The molecule has 1 saturated heterocycles. The topological polar surface area (TPSA) is 25.2 Å². The van der Waals surface area contributed by atoms with Gasteiger partial charge in [-0.25, -0.2) is 0 Å². The Labute approximate surface area is 187 Å². The molecule has 1 aromatic heterocycles. The second-order valence-corrected chi connectivity index (χ2v) is 7.11. The minimum atomic E-state index is -0.00857. The SMILES string of the molecule is CC.CC.CN1CCC(=C(c2ccccc2)c2ccc(=O)n(-c3ccccc3)c2)CC1. The molecule has 3 heteroatoms. The lowest BCUT2D eigenvalue weighted by Gasteiger charge is -2.27. The second kappa shape index (κ2) is 12.7. The highest BCUT2D eigenvalue weighted by Gasteiger charge is 2.17. The molecule has 2 aromatic carbocycles. The van der Waals surface area contributed by atoms with Crippen molar-refractivity contribution in [3.63, 3.8) is 0 Å². The highest BCUT2D eigenvalue weighted by Crippen LogP contribution is 2.31. The molecule has 0 aliphatic carbocycles. The van der Waals surface area contributed by atoms with Gasteiger partial charge in [0.15, 0.2) is 0 Å². The standard InChI is InChI=1S/C24H24N2O.2C2H6/c1-25-16-14-20(15-17-25)24(19-8-4-2-5-9-19)21-12-13-23(27)26(18-21)22-10-6-3-7-11-22;2*1-2/h2-13,18H,14-17H2,1H3;2*1-2H3. The van der Waals surface area contributed by atoms with Gasteiger partial charge >= 0.3 is 0 Å². The van der Waals surface area contributed by atoms with Crippen LogP contribution in [0.5, 0.6) is 0 Å². The number of hydrogen-bond acceptors (Lipinski definition) is 2. The summed E-state index contributed by atoms with van der Waals surface area (Å²) in [5.74, 6) is 0. The highest BCUT2D eigenvalue weighted by molar-refractivity contribution is 5.82. The first kappa shape index (κ1) is 24.4. The van der Waals surface area contributed by atoms with Crippen LogP contribution in [0.15, 0.2) is 89.4 Å². The van der Waals surface area contributed by atoms with Gasteiger partial charge in [0, 0.05) is 31.0 Å². The van der Waals surface area contributed by atoms with Crippen molar-refractivity contribution in [2.75, 3.05) is 20.1 Å². The zero-order chi connectivity index (χ0) is 22.6. The quantitative estimate of drug-likeness (QED) is 0.492. The molecule has 0 spiro atoms. The summed E-state index contributed by atoms with van der Waals surface area (Å²) >= 11 is 0. The Kier molecular flexibility index (Phi) is 9.99. The van der Waals surface area contributed by atoms with Crippen molar-refractivity contribution in [3.8, 4) is 5.69 Å². The molecule has 0 saturated carbocycles. The number of para-hydroxylation sites is 1. The van der Waals surface area contributed by atoms with Crippen LogP contribution in [-0.2, 0) is 0 Å². The summed E-state index contributed by atoms with van der Waals surface area (Å²) in [6, 6.07) is 24.0. The van der Waals surface area contributed by atoms with Crippen molar-refractivity contribution in [2.45, 2.75) is 40.5 Å². The Morgan fingerprint density at radius 3 is 1.84 bits per heavy atom. The molecule has 0 bridgehead atoms. The molecular formula is C28H36N2O. The number of likely N-dealkylation sites (tertiary alicyclic amines) is 1. The van der Waals surface area contributed by atoms with Crippen molar-refractivity contribution >= 4 is 5.57 Å². The van der Waals surface area contributed by atoms with Crippen molar-refractivity contribution in [3.05, 3.63) is 106 Å². The first-order valence-corrected chi connectivity index (χ1v) is 11.5. The molecule has 2 heterocycles. The average molecular weight is 417 g/mol. The van der Waals surface area contributed by atoms with E-state index < -0.39 is 0 Å². The molecule has 31 heavy (non-hydrogen) atoms. The fourth-order valence-electron chi connectivity index (χ4n) is 3.74. The predicted molar refractivity (Wildman–Crippen MR) is 134 cm³/mol. The molecule has 0 atom stereocenters. The zero-order valence-electron chi connectivity index (χ0n) is 19.6. The summed E-state index contributed by atoms with van der Waals surface area (Å²) in [7, 11) is 2.18. The summed E-state index contributed by atoms with van der Waals surface area (Å²) in [5.41, 5.74) is 5.95. The third kappa shape index (κ3) is 6.28. The molecular weight excluding hydrogens is 380 g/mol. The lowest BCUT2D eigenvalue weighted by molar-refractivity contribution is 0.313. The minimum absolute atomic E-state index is 0.00857. The molecule has 3 nitrogen and oxygen atoms in total. The van der Waals surface area contributed by atoms with E-state index in [9.17, 15) is 4.79 Å². The van der Waals surface area contributed by atoms with E-state index in [0.717, 1.165) is 37.2 Å². The van der Waals surface area contributed by atoms with Gasteiger partial charge < -0.3 is 4.90 Å². The lowest BCUT2D eigenvalue weighted by atomic mass is 9.89. The molecule has 0 unspecified atom stereocenters. The van der Waals surface area contributed by atoms with Gasteiger partial charge in [-0.1, -0.05) is 81.8 Å². The summed E-state index contributed by atoms with van der Waals surface area (Å²) in [5, 5.41) is 0. The number of piperidine rings is 1. The summed E-state index contributed by atoms with van der Waals surface area (Å²) < 4.78 is 1.74. The van der Waals surface area contributed by atoms with Gasteiger partial charge in [0.25, 0.3) is 5.56 Å². The summed E-state index contributed by atoms with van der Waals surface area (Å²) in [6.07, 6.45) is 4.11. The zero-order valence-corrected chi connectivity index (χ0v) is 19.6. The number of benzene rings is 2. The largest absolute Gasteiger partial charge is 0.306 e. The monoisotopic (exact) mass is 416 g/mol. The van der Waals surface area contributed by atoms with Crippen molar-refractivity contribution < 1.29 is 0 Å². The van der Waals surface area contributed by atoms with Crippen LogP contribution in [-0.4, -0.2) is 29.6 Å². The minimum Gasteiger partial charge on any atom is -0.306 e. The molecule has 4 rings (SSSR count). The van der Waals surface area contributed by atoms with Gasteiger partial charge in [0.1, 0.15) is 0 Å². The van der Waals surface area contributed by atoms with Gasteiger partial charge in [-0.2, -0.15) is 0 Å². The number of nitrogens with zero attached hydrogens (tertiary/aromatic N) is 2. The Bertz CT molecular complexity index is 994. The fourth-order valence-corrected chi connectivity index (χ4v) is 3.74. The maximum atomic E-state index is 12.5. The van der Waals surface area contributed by atoms with Crippen LogP contribution >= 0.6 is 0 Å². The third-order valence-corrected chi connectivity index (χ3v) is 5.24. The fraction of sp³-hybridized carbons (Fsp3) is 0.321. The third-order valence-electron chi connectivity index (χ3n) is 5.24. The van der Waals surface area contributed by atoms with Crippen molar-refractivity contribution in [1.29, 1.82) is 0 Å². The Balaban J connectivity index is 0.000000807. The van der Waals surface area contributed by atoms with E-state index in [0.29, 0.717) is 0 Å². The van der Waals surface area contributed by atoms with E-state index in [1.807, 2.05) is 76.4 Å². The van der Waals surface area contributed by atoms with Crippen LogP contribution in [0, 0.1) is 0 Å². The van der Waals surface area contributed by atoms with E-state index in [4.69, 9.17) is 0 Å². The van der Waals surface area contributed by atoms with E-state index in [1.165, 1.54) is 16.7 Å². The summed E-state index contributed by atoms with van der Waals surface area (Å²) in [6.45, 7) is 10.1. The Morgan fingerprint density at radius 2 is 1.26 bits per heavy atom. The second-order valence-electron chi connectivity index (χ2n) is 7.11. The van der Waals surface area contributed by atoms with Crippen LogP contribution in [0.4, 0.5) is 0 Å². The maximum Gasteiger partial charge on any atom is 0.255 e. The normalized spacial score (nSPS) is 13.4. The molecule has 0 N–H and O–H groups in total. The molecule has 1 aliphatic rings. The Hall–Kier alpha value is -2.91. The van der Waals surface area contributed by atoms with Gasteiger partial charge in [0.2, 0.25) is 0 Å². The van der Waals surface area contributed by atoms with Gasteiger partial charge in [-0.3, -0.25) is 9.36 Å². The molecule has 1 aliphatic heterocycles. The average Bonchev–Trinajstić information content (AvgIpc) is 2.85. The Morgan fingerprint density at radius 1 is 0.710 bits per heavy atom. The van der Waals surface area contributed by atoms with E-state index in [2.05, 4.69) is 36.2 Å². The maximum absolute atomic E-state index is 12.5. The van der Waals surface area contributed by atoms with E-state index in [1.54, 1.807) is 10.6 Å². The predicted octanol–water partition coefficient (Wildman–Crippen LogP) is 6.42. The number of hydrogen-bond donors (Lipinski definition) is 0. The van der Waals surface area contributed by atoms with E-state index >= 15 is 0 Å². The molecule has 3 aromatic rings. The van der Waals surface area contributed by atoms with E-state index in [-0.39, 0.29) is 5.56 Å². The first-order valence-electron chi connectivity index (χ1n) is 11.5. The smallest absolute Gasteiger partial charge is 0.255 e. The van der Waals surface area contributed by atoms with Crippen LogP contribution in [0.3, 0.4) is 0 Å². The van der Waals surface area contributed by atoms with Crippen LogP contribution in [0.1, 0.15) is 51.7 Å². The molecule has 0 radical (unpaired) electrons. The van der Waals surface area contributed by atoms with Crippen LogP contribution < -0.4 is 5.56 Å². The number of pyridine rings is 1. The van der Waals surface area contributed by atoms with Gasteiger partial charge in [0.05, 0.1) is 0 Å². The summed E-state index contributed by atoms with van der Waals surface area (Å²) in [4.78, 5) is 14.9. The number of rotatable bonds is 3. The van der Waals surface area contributed by atoms with Crippen molar-refractivity contribution in [2.24, 2.45) is 0 Å².